The lowest BCUT2D eigenvalue weighted by molar-refractivity contribution is -0.129. The molecule has 0 unspecified atom stereocenters. The van der Waals surface area contributed by atoms with Gasteiger partial charge in [-0.1, -0.05) is 30.3 Å². The third-order valence-electron chi connectivity index (χ3n) is 4.47. The largest absolute Gasteiger partial charge is 0.423 e. The third-order valence-corrected chi connectivity index (χ3v) is 5.69. The van der Waals surface area contributed by atoms with Crippen molar-refractivity contribution in [2.45, 2.75) is 6.54 Å². The zero-order valence-electron chi connectivity index (χ0n) is 17.8. The number of rotatable bonds is 7. The van der Waals surface area contributed by atoms with Gasteiger partial charge in [-0.15, -0.1) is 0 Å². The minimum absolute atomic E-state index is 0.0632. The maximum atomic E-state index is 12.3. The molecule has 176 valence electrons. The van der Waals surface area contributed by atoms with Gasteiger partial charge in [0.15, 0.2) is 0 Å². The Morgan fingerprint density at radius 3 is 2.63 bits per heavy atom. The average molecular weight is 509 g/mol. The summed E-state index contributed by atoms with van der Waals surface area (Å²) in [7, 11) is 0. The molecular formula is C22H16N6O5S2. The molecule has 2 N–H and O–H groups in total. The van der Waals surface area contributed by atoms with E-state index in [9.17, 15) is 19.2 Å². The average Bonchev–Trinajstić information content (AvgIpc) is 3.35. The van der Waals surface area contributed by atoms with Gasteiger partial charge in [0.25, 0.3) is 17.1 Å². The zero-order chi connectivity index (χ0) is 24.8. The topological polar surface area (TPSA) is 137 Å². The highest BCUT2D eigenvalue weighted by Crippen LogP contribution is 2.23. The van der Waals surface area contributed by atoms with E-state index in [4.69, 9.17) is 17.0 Å². The molecule has 11 nitrogen and oxygen atoms in total. The van der Waals surface area contributed by atoms with Crippen molar-refractivity contribution in [3.63, 3.8) is 0 Å². The molecule has 2 heterocycles. The normalized spacial score (nSPS) is 14.3. The minimum Gasteiger partial charge on any atom is -0.423 e. The second-order valence-electron chi connectivity index (χ2n) is 6.88. The van der Waals surface area contributed by atoms with Crippen LogP contribution in [-0.2, 0) is 20.9 Å². The van der Waals surface area contributed by atoms with Crippen LogP contribution >= 0.6 is 24.0 Å². The van der Waals surface area contributed by atoms with Crippen LogP contribution < -0.4 is 15.5 Å². The maximum absolute atomic E-state index is 12.3. The molecule has 0 aliphatic carbocycles. The Balaban J connectivity index is 1.38. The summed E-state index contributed by atoms with van der Waals surface area (Å²) in [6.45, 7) is -0.154. The molecule has 35 heavy (non-hydrogen) atoms. The Bertz CT molecular complexity index is 1430. The molecule has 2 aromatic carbocycles. The highest BCUT2D eigenvalue weighted by atomic mass is 32.2. The summed E-state index contributed by atoms with van der Waals surface area (Å²) in [5.41, 5.74) is 3.59. The van der Waals surface area contributed by atoms with E-state index in [0.29, 0.717) is 22.1 Å². The quantitative estimate of drug-likeness (QED) is 0.124. The number of carbonyl (C=O) groups excluding carboxylic acids is 4. The molecule has 1 aliphatic rings. The number of thioether (sulfide) groups is 1. The Labute approximate surface area is 207 Å². The van der Waals surface area contributed by atoms with Gasteiger partial charge in [0, 0.05) is 17.3 Å². The van der Waals surface area contributed by atoms with Crippen molar-refractivity contribution in [3.8, 4) is 11.4 Å². The molecule has 1 saturated heterocycles. The molecule has 1 fully saturated rings. The van der Waals surface area contributed by atoms with Crippen LogP contribution in [-0.4, -0.2) is 43.6 Å². The van der Waals surface area contributed by atoms with E-state index in [1.165, 1.54) is 23.3 Å². The lowest BCUT2D eigenvalue weighted by Gasteiger charge is -2.05. The van der Waals surface area contributed by atoms with Crippen LogP contribution in [0.4, 0.5) is 4.79 Å². The Hall–Kier alpha value is -4.36. The number of benzene rings is 2. The van der Waals surface area contributed by atoms with Crippen molar-refractivity contribution in [1.82, 2.24) is 25.1 Å². The van der Waals surface area contributed by atoms with E-state index in [2.05, 4.69) is 15.6 Å². The number of carbonyl (C=O) groups is 4. The number of amides is 3. The lowest BCUT2D eigenvalue weighted by atomic mass is 10.2. The molecule has 4 rings (SSSR count). The molecule has 13 heteroatoms. The fourth-order valence-corrected chi connectivity index (χ4v) is 3.81. The molecule has 1 aliphatic heterocycles. The van der Waals surface area contributed by atoms with E-state index in [0.717, 1.165) is 11.8 Å². The minimum atomic E-state index is -0.842. The van der Waals surface area contributed by atoms with E-state index in [1.54, 1.807) is 22.8 Å². The van der Waals surface area contributed by atoms with Crippen molar-refractivity contribution in [3.05, 3.63) is 82.2 Å². The third kappa shape index (κ3) is 5.96. The van der Waals surface area contributed by atoms with Crippen LogP contribution in [0, 0.1) is 4.77 Å². The maximum Gasteiger partial charge on any atom is 0.337 e. The standard InChI is InChI=1S/C22H16N6O5S2/c29-18(12-28-22(34)27(13-24-28)15-7-2-1-3-8-15)26-23-11-14-6-4-5-9-16(14)33-19(30)10-17-20(31)25-21(32)35-17/h1-11,13H,12H2,(H,26,29)(H,25,31,32). The van der Waals surface area contributed by atoms with Crippen LogP contribution in [0.3, 0.4) is 0 Å². The summed E-state index contributed by atoms with van der Waals surface area (Å²) in [6.07, 6.45) is 3.76. The summed E-state index contributed by atoms with van der Waals surface area (Å²) in [5.74, 6) is -1.83. The molecule has 0 atom stereocenters. The van der Waals surface area contributed by atoms with Gasteiger partial charge in [-0.05, 0) is 48.2 Å². The number of hydrogen-bond acceptors (Lipinski definition) is 9. The zero-order valence-corrected chi connectivity index (χ0v) is 19.4. The molecule has 0 saturated carbocycles. The van der Waals surface area contributed by atoms with Gasteiger partial charge < -0.3 is 4.74 Å². The highest BCUT2D eigenvalue weighted by molar-refractivity contribution is 8.18. The fraction of sp³-hybridized carbons (Fsp3) is 0.0455. The van der Waals surface area contributed by atoms with Crippen molar-refractivity contribution < 1.29 is 23.9 Å². The first kappa shape index (κ1) is 23.8. The first-order valence-corrected chi connectivity index (χ1v) is 11.2. The van der Waals surface area contributed by atoms with Gasteiger partial charge in [0.1, 0.15) is 18.6 Å². The van der Waals surface area contributed by atoms with Gasteiger partial charge in [-0.3, -0.25) is 24.3 Å². The molecule has 0 bridgehead atoms. The Kier molecular flexibility index (Phi) is 7.28. The summed E-state index contributed by atoms with van der Waals surface area (Å²) in [5, 5.41) is 9.53. The number of ether oxygens (including phenoxy) is 1. The number of hydrazone groups is 1. The van der Waals surface area contributed by atoms with Crippen molar-refractivity contribution >= 4 is 53.2 Å². The second-order valence-corrected chi connectivity index (χ2v) is 8.26. The van der Waals surface area contributed by atoms with Gasteiger partial charge in [0.05, 0.1) is 11.1 Å². The van der Waals surface area contributed by atoms with Gasteiger partial charge >= 0.3 is 5.97 Å². The Morgan fingerprint density at radius 2 is 1.89 bits per heavy atom. The van der Waals surface area contributed by atoms with Crippen molar-refractivity contribution in [2.75, 3.05) is 0 Å². The van der Waals surface area contributed by atoms with Crippen molar-refractivity contribution in [1.29, 1.82) is 0 Å². The number of esters is 1. The van der Waals surface area contributed by atoms with Crippen LogP contribution in [0.5, 0.6) is 5.75 Å². The van der Waals surface area contributed by atoms with Gasteiger partial charge in [-0.25, -0.2) is 14.9 Å². The van der Waals surface area contributed by atoms with E-state index in [1.807, 2.05) is 35.6 Å². The SMILES string of the molecule is O=C(Cn1ncn(-c2ccccc2)c1=S)NN=Cc1ccccc1OC(=O)C=C1SC(=O)NC1=O. The lowest BCUT2D eigenvalue weighted by Crippen LogP contribution is -2.24. The molecule has 3 amide bonds. The summed E-state index contributed by atoms with van der Waals surface area (Å²) in [6, 6.07) is 15.8. The number of aromatic nitrogens is 3. The van der Waals surface area contributed by atoms with Crippen molar-refractivity contribution in [2.24, 2.45) is 5.10 Å². The number of hydrogen-bond donors (Lipinski definition) is 2. The number of nitrogens with zero attached hydrogens (tertiary/aromatic N) is 4. The highest BCUT2D eigenvalue weighted by Gasteiger charge is 2.26. The number of para-hydroxylation sites is 2. The van der Waals surface area contributed by atoms with Crippen LogP contribution in [0.25, 0.3) is 5.69 Å². The van der Waals surface area contributed by atoms with E-state index in [-0.39, 0.29) is 17.2 Å². The first-order valence-electron chi connectivity index (χ1n) is 9.98. The van der Waals surface area contributed by atoms with Gasteiger partial charge in [0.2, 0.25) is 4.77 Å². The second kappa shape index (κ2) is 10.7. The monoisotopic (exact) mass is 508 g/mol. The van der Waals surface area contributed by atoms with E-state index < -0.39 is 23.0 Å². The first-order chi connectivity index (χ1) is 16.9. The summed E-state index contributed by atoms with van der Waals surface area (Å²) < 4.78 is 8.63. The number of imide groups is 1. The van der Waals surface area contributed by atoms with E-state index >= 15 is 0 Å². The molecule has 0 radical (unpaired) electrons. The van der Waals surface area contributed by atoms with Crippen LogP contribution in [0.1, 0.15) is 5.56 Å². The smallest absolute Gasteiger partial charge is 0.337 e. The van der Waals surface area contributed by atoms with Gasteiger partial charge in [-0.2, -0.15) is 10.2 Å². The molecule has 1 aromatic heterocycles. The van der Waals surface area contributed by atoms with Crippen LogP contribution in [0.15, 0.2) is 77.0 Å². The van der Waals surface area contributed by atoms with Crippen LogP contribution in [0.2, 0.25) is 0 Å². The molecular weight excluding hydrogens is 492 g/mol. The Morgan fingerprint density at radius 1 is 1.14 bits per heavy atom. The summed E-state index contributed by atoms with van der Waals surface area (Å²) in [4.78, 5) is 47.2. The predicted molar refractivity (Wildman–Crippen MR) is 129 cm³/mol. The predicted octanol–water partition coefficient (Wildman–Crippen LogP) is 2.33. The molecule has 0 spiro atoms. The molecule has 3 aromatic rings. The number of nitrogens with one attached hydrogen (secondary N) is 2. The summed E-state index contributed by atoms with van der Waals surface area (Å²) >= 11 is 5.99. The fourth-order valence-electron chi connectivity index (χ4n) is 2.90.